The molecular formula is C50H97NO5. The van der Waals surface area contributed by atoms with E-state index in [0.29, 0.717) is 25.9 Å². The number of aliphatic hydroxyl groups excluding tert-OH is 2. The Morgan fingerprint density at radius 1 is 0.482 bits per heavy atom. The number of nitrogens with one attached hydrogen (secondary N) is 1. The zero-order valence-electron chi connectivity index (χ0n) is 37.6. The lowest BCUT2D eigenvalue weighted by atomic mass is 10.0. The van der Waals surface area contributed by atoms with Crippen LogP contribution in [0.25, 0.3) is 0 Å². The first-order valence-electron chi connectivity index (χ1n) is 24.9. The highest BCUT2D eigenvalue weighted by Crippen LogP contribution is 2.16. The topological polar surface area (TPSA) is 95.9 Å². The Balaban J connectivity index is 3.46. The molecule has 332 valence electrons. The lowest BCUT2D eigenvalue weighted by Gasteiger charge is -2.22. The van der Waals surface area contributed by atoms with Crippen LogP contribution in [0, 0.1) is 0 Å². The third kappa shape index (κ3) is 42.2. The second-order valence-corrected chi connectivity index (χ2v) is 17.1. The molecule has 0 rings (SSSR count). The van der Waals surface area contributed by atoms with Crippen molar-refractivity contribution in [1.29, 1.82) is 0 Å². The van der Waals surface area contributed by atoms with Crippen molar-refractivity contribution < 1.29 is 24.5 Å². The Morgan fingerprint density at radius 3 is 1.27 bits per heavy atom. The second kappa shape index (κ2) is 46.3. The number of aliphatic hydroxyl groups is 2. The molecule has 56 heavy (non-hydrogen) atoms. The number of carbonyl (C=O) groups is 2. The number of ether oxygens (including phenoxy) is 1. The molecule has 0 saturated heterocycles. The highest BCUT2D eigenvalue weighted by atomic mass is 16.5. The summed E-state index contributed by atoms with van der Waals surface area (Å²) in [5.41, 5.74) is 0. The predicted octanol–water partition coefficient (Wildman–Crippen LogP) is 14.6. The summed E-state index contributed by atoms with van der Waals surface area (Å²) >= 11 is 0. The van der Waals surface area contributed by atoms with Crippen LogP contribution in [0.3, 0.4) is 0 Å². The van der Waals surface area contributed by atoms with Crippen molar-refractivity contribution in [3.05, 3.63) is 12.2 Å². The Hall–Kier alpha value is -1.40. The summed E-state index contributed by atoms with van der Waals surface area (Å²) in [6.45, 7) is 4.89. The molecule has 1 amide bonds. The minimum absolute atomic E-state index is 0.0222. The maximum Gasteiger partial charge on any atom is 0.305 e. The van der Waals surface area contributed by atoms with Crippen LogP contribution >= 0.6 is 0 Å². The number of rotatable bonds is 46. The number of esters is 1. The molecule has 0 heterocycles. The predicted molar refractivity (Wildman–Crippen MR) is 241 cm³/mol. The highest BCUT2D eigenvalue weighted by molar-refractivity contribution is 5.76. The van der Waals surface area contributed by atoms with E-state index in [1.54, 1.807) is 0 Å². The second-order valence-electron chi connectivity index (χ2n) is 17.1. The maximum absolute atomic E-state index is 12.4. The molecule has 0 aromatic heterocycles. The van der Waals surface area contributed by atoms with Gasteiger partial charge in [0.1, 0.15) is 0 Å². The molecule has 0 spiro atoms. The van der Waals surface area contributed by atoms with Gasteiger partial charge in [-0.25, -0.2) is 0 Å². The first-order chi connectivity index (χ1) is 27.5. The quantitative estimate of drug-likeness (QED) is 0.0324. The molecule has 0 bridgehead atoms. The van der Waals surface area contributed by atoms with Gasteiger partial charge in [-0.1, -0.05) is 219 Å². The number of hydrogen-bond donors (Lipinski definition) is 3. The van der Waals surface area contributed by atoms with E-state index in [1.807, 2.05) is 0 Å². The molecule has 6 nitrogen and oxygen atoms in total. The number of carbonyl (C=O) groups excluding carboxylic acids is 2. The highest BCUT2D eigenvalue weighted by Gasteiger charge is 2.20. The van der Waals surface area contributed by atoms with E-state index in [2.05, 4.69) is 31.3 Å². The van der Waals surface area contributed by atoms with Crippen LogP contribution < -0.4 is 5.32 Å². The Labute approximate surface area is 349 Å². The third-order valence-corrected chi connectivity index (χ3v) is 11.6. The van der Waals surface area contributed by atoms with Gasteiger partial charge in [-0.3, -0.25) is 9.59 Å². The summed E-state index contributed by atoms with van der Waals surface area (Å²) < 4.78 is 5.46. The molecule has 6 heteroatoms. The van der Waals surface area contributed by atoms with Gasteiger partial charge < -0.3 is 20.3 Å². The van der Waals surface area contributed by atoms with Crippen molar-refractivity contribution in [2.45, 2.75) is 283 Å². The van der Waals surface area contributed by atoms with Crippen LogP contribution in [0.5, 0.6) is 0 Å². The minimum atomic E-state index is -0.677. The molecular weight excluding hydrogens is 695 g/mol. The number of unbranched alkanes of at least 4 members (excludes halogenated alkanes) is 33. The zero-order chi connectivity index (χ0) is 40.8. The van der Waals surface area contributed by atoms with E-state index < -0.39 is 12.1 Å². The average molecular weight is 792 g/mol. The first-order valence-corrected chi connectivity index (χ1v) is 24.9. The summed E-state index contributed by atoms with van der Waals surface area (Å²) in [4.78, 5) is 24.5. The number of amides is 1. The van der Waals surface area contributed by atoms with Gasteiger partial charge in [0.2, 0.25) is 5.91 Å². The third-order valence-electron chi connectivity index (χ3n) is 11.6. The minimum Gasteiger partial charge on any atom is -0.466 e. The van der Waals surface area contributed by atoms with Gasteiger partial charge >= 0.3 is 5.97 Å². The van der Waals surface area contributed by atoms with Crippen LogP contribution in [-0.4, -0.2) is 47.4 Å². The summed E-state index contributed by atoms with van der Waals surface area (Å²) in [7, 11) is 0. The van der Waals surface area contributed by atoms with E-state index in [0.717, 1.165) is 57.8 Å². The van der Waals surface area contributed by atoms with Gasteiger partial charge in [0, 0.05) is 12.8 Å². The summed E-state index contributed by atoms with van der Waals surface area (Å²) in [5, 5.41) is 23.1. The number of hydrogen-bond acceptors (Lipinski definition) is 5. The van der Waals surface area contributed by atoms with Crippen molar-refractivity contribution in [2.75, 3.05) is 13.2 Å². The lowest BCUT2D eigenvalue weighted by molar-refractivity contribution is -0.143. The maximum atomic E-state index is 12.4. The van der Waals surface area contributed by atoms with Crippen LogP contribution in [0.1, 0.15) is 271 Å². The average Bonchev–Trinajstić information content (AvgIpc) is 3.20. The van der Waals surface area contributed by atoms with Crippen molar-refractivity contribution >= 4 is 11.9 Å². The molecule has 3 N–H and O–H groups in total. The zero-order valence-corrected chi connectivity index (χ0v) is 37.6. The Bertz CT molecular complexity index is 832. The molecule has 0 saturated carbocycles. The number of allylic oxidation sites excluding steroid dienone is 2. The van der Waals surface area contributed by atoms with E-state index >= 15 is 0 Å². The monoisotopic (exact) mass is 792 g/mol. The van der Waals surface area contributed by atoms with Crippen molar-refractivity contribution in [3.8, 4) is 0 Å². The van der Waals surface area contributed by atoms with Gasteiger partial charge in [-0.15, -0.1) is 0 Å². The van der Waals surface area contributed by atoms with Crippen LogP contribution in [0.4, 0.5) is 0 Å². The molecule has 0 aliphatic rings. The molecule has 0 aromatic rings. The molecule has 0 aliphatic carbocycles. The fraction of sp³-hybridized carbons (Fsp3) is 0.920. The van der Waals surface area contributed by atoms with Gasteiger partial charge in [0.25, 0.3) is 0 Å². The van der Waals surface area contributed by atoms with Crippen molar-refractivity contribution in [3.63, 3.8) is 0 Å². The lowest BCUT2D eigenvalue weighted by Crippen LogP contribution is -2.45. The molecule has 0 aliphatic heterocycles. The van der Waals surface area contributed by atoms with Gasteiger partial charge in [-0.05, 0) is 51.4 Å². The fourth-order valence-electron chi connectivity index (χ4n) is 7.69. The Morgan fingerprint density at radius 2 is 0.839 bits per heavy atom. The van der Waals surface area contributed by atoms with E-state index in [1.165, 1.54) is 180 Å². The van der Waals surface area contributed by atoms with Gasteiger partial charge in [0.05, 0.1) is 25.4 Å². The van der Waals surface area contributed by atoms with E-state index in [4.69, 9.17) is 4.74 Å². The Kier molecular flexibility index (Phi) is 45.1. The smallest absolute Gasteiger partial charge is 0.305 e. The molecule has 2 unspecified atom stereocenters. The first kappa shape index (κ1) is 54.6. The van der Waals surface area contributed by atoms with Crippen LogP contribution in [0.15, 0.2) is 12.2 Å². The standard InChI is InChI=1S/C50H97NO5/c1-3-5-7-9-11-13-15-17-18-19-20-21-23-28-32-36-40-44-50(55)56-45-41-37-33-29-25-24-27-31-35-39-43-49(54)51-47(46-52)48(53)42-38-34-30-26-22-16-14-12-10-8-6-4-2/h17-18,47-48,52-53H,3-16,19-46H2,1-2H3,(H,51,54)/b18-17-. The summed E-state index contributed by atoms with van der Waals surface area (Å²) in [6, 6.07) is -0.556. The van der Waals surface area contributed by atoms with Crippen LogP contribution in [0.2, 0.25) is 0 Å². The van der Waals surface area contributed by atoms with Gasteiger partial charge in [-0.2, -0.15) is 0 Å². The fourth-order valence-corrected chi connectivity index (χ4v) is 7.69. The van der Waals surface area contributed by atoms with Crippen molar-refractivity contribution in [2.24, 2.45) is 0 Å². The molecule has 0 radical (unpaired) electrons. The van der Waals surface area contributed by atoms with Gasteiger partial charge in [0.15, 0.2) is 0 Å². The normalized spacial score (nSPS) is 12.7. The summed E-state index contributed by atoms with van der Waals surface area (Å²) in [6.07, 6.45) is 51.7. The van der Waals surface area contributed by atoms with Crippen LogP contribution in [-0.2, 0) is 14.3 Å². The van der Waals surface area contributed by atoms with E-state index in [-0.39, 0.29) is 18.5 Å². The largest absolute Gasteiger partial charge is 0.466 e. The summed E-state index contributed by atoms with van der Waals surface area (Å²) in [5.74, 6) is -0.0803. The van der Waals surface area contributed by atoms with E-state index in [9.17, 15) is 19.8 Å². The SMILES string of the molecule is CCCCCCCC/C=C\CCCCCCCCCC(=O)OCCCCCCCCCCCCC(=O)NC(CO)C(O)CCCCCCCCCCCCCC. The molecule has 0 aromatic carbocycles. The van der Waals surface area contributed by atoms with Crippen molar-refractivity contribution in [1.82, 2.24) is 5.32 Å². The molecule has 2 atom stereocenters. The molecule has 0 fully saturated rings.